The molecule has 0 aromatic carbocycles. The maximum absolute atomic E-state index is 13.5. The van der Waals surface area contributed by atoms with Crippen LogP contribution in [0.4, 0.5) is 8.78 Å². The van der Waals surface area contributed by atoms with E-state index in [9.17, 15) is 19.0 Å². The Bertz CT molecular complexity index is 184. The van der Waals surface area contributed by atoms with Crippen molar-refractivity contribution >= 4 is 0 Å². The van der Waals surface area contributed by atoms with Crippen molar-refractivity contribution in [3.63, 3.8) is 0 Å². The fourth-order valence-electron chi connectivity index (χ4n) is 1.60. The summed E-state index contributed by atoms with van der Waals surface area (Å²) in [5.41, 5.74) is 0. The first-order chi connectivity index (χ1) is 7.34. The molecule has 0 bridgehead atoms. The lowest BCUT2D eigenvalue weighted by Crippen LogP contribution is -2.47. The van der Waals surface area contributed by atoms with Gasteiger partial charge in [-0.25, -0.2) is 8.78 Å². The van der Waals surface area contributed by atoms with Crippen LogP contribution in [0.15, 0.2) is 0 Å². The summed E-state index contributed by atoms with van der Waals surface area (Å²) in [5, 5.41) is 18.7. The van der Waals surface area contributed by atoms with Crippen molar-refractivity contribution < 1.29 is 19.0 Å². The van der Waals surface area contributed by atoms with Crippen LogP contribution in [0.1, 0.15) is 52.9 Å². The Morgan fingerprint density at radius 3 is 2.06 bits per heavy atom. The SMILES string of the molecule is CCCCCC[C@@H](O)C(F)(F)[C@H](O)C(C)C. The highest BCUT2D eigenvalue weighted by molar-refractivity contribution is 4.85. The number of halogens is 2. The van der Waals surface area contributed by atoms with E-state index in [2.05, 4.69) is 0 Å². The Morgan fingerprint density at radius 1 is 1.06 bits per heavy atom. The molecule has 2 N–H and O–H groups in total. The van der Waals surface area contributed by atoms with Gasteiger partial charge >= 0.3 is 0 Å². The first kappa shape index (κ1) is 15.8. The first-order valence-electron chi connectivity index (χ1n) is 6.08. The quantitative estimate of drug-likeness (QED) is 0.638. The van der Waals surface area contributed by atoms with E-state index < -0.39 is 24.0 Å². The van der Waals surface area contributed by atoms with Gasteiger partial charge in [0, 0.05) is 0 Å². The molecular formula is C12H24F2O2. The van der Waals surface area contributed by atoms with Crippen LogP contribution >= 0.6 is 0 Å². The Morgan fingerprint density at radius 2 is 1.62 bits per heavy atom. The molecule has 0 aliphatic heterocycles. The number of hydrogen-bond acceptors (Lipinski definition) is 2. The molecule has 0 radical (unpaired) electrons. The predicted molar refractivity (Wildman–Crippen MR) is 60.6 cm³/mol. The van der Waals surface area contributed by atoms with Crippen LogP contribution in [0.3, 0.4) is 0 Å². The largest absolute Gasteiger partial charge is 0.387 e. The van der Waals surface area contributed by atoms with Crippen molar-refractivity contribution in [1.82, 2.24) is 0 Å². The van der Waals surface area contributed by atoms with E-state index in [-0.39, 0.29) is 6.42 Å². The van der Waals surface area contributed by atoms with E-state index >= 15 is 0 Å². The molecule has 2 nitrogen and oxygen atoms in total. The molecule has 0 rings (SSSR count). The van der Waals surface area contributed by atoms with Crippen molar-refractivity contribution in [2.45, 2.75) is 71.0 Å². The fraction of sp³-hybridized carbons (Fsp3) is 1.00. The summed E-state index contributed by atoms with van der Waals surface area (Å²) in [6.07, 6.45) is -0.00449. The lowest BCUT2D eigenvalue weighted by Gasteiger charge is -2.29. The van der Waals surface area contributed by atoms with Crippen LogP contribution in [0.25, 0.3) is 0 Å². The van der Waals surface area contributed by atoms with Gasteiger partial charge in [-0.3, -0.25) is 0 Å². The third kappa shape index (κ3) is 4.74. The van der Waals surface area contributed by atoms with Crippen molar-refractivity contribution in [1.29, 1.82) is 0 Å². The molecule has 0 heterocycles. The lowest BCUT2D eigenvalue weighted by molar-refractivity contribution is -0.190. The highest BCUT2D eigenvalue weighted by Crippen LogP contribution is 2.30. The van der Waals surface area contributed by atoms with E-state index in [1.807, 2.05) is 6.92 Å². The molecule has 98 valence electrons. The van der Waals surface area contributed by atoms with E-state index in [0.29, 0.717) is 6.42 Å². The van der Waals surface area contributed by atoms with Gasteiger partial charge in [-0.05, 0) is 12.3 Å². The highest BCUT2D eigenvalue weighted by Gasteiger charge is 2.46. The number of rotatable bonds is 8. The van der Waals surface area contributed by atoms with Gasteiger partial charge in [0.05, 0.1) is 0 Å². The van der Waals surface area contributed by atoms with Crippen molar-refractivity contribution in [2.24, 2.45) is 5.92 Å². The van der Waals surface area contributed by atoms with Crippen LogP contribution in [-0.4, -0.2) is 28.3 Å². The van der Waals surface area contributed by atoms with Gasteiger partial charge in [0.2, 0.25) is 0 Å². The molecule has 0 aromatic heterocycles. The number of aliphatic hydroxyl groups is 2. The topological polar surface area (TPSA) is 40.5 Å². The average Bonchev–Trinajstić information content (AvgIpc) is 2.22. The molecule has 4 heteroatoms. The van der Waals surface area contributed by atoms with Gasteiger partial charge in [-0.1, -0.05) is 46.5 Å². The Labute approximate surface area is 96.7 Å². The van der Waals surface area contributed by atoms with E-state index in [1.165, 1.54) is 13.8 Å². The maximum atomic E-state index is 13.5. The summed E-state index contributed by atoms with van der Waals surface area (Å²) in [6.45, 7) is 5.07. The molecule has 0 fully saturated rings. The second-order valence-corrected chi connectivity index (χ2v) is 4.73. The molecule has 0 unspecified atom stereocenters. The minimum atomic E-state index is -3.40. The molecule has 0 amide bonds. The molecule has 0 saturated carbocycles. The second-order valence-electron chi connectivity index (χ2n) is 4.73. The first-order valence-corrected chi connectivity index (χ1v) is 6.08. The summed E-state index contributed by atoms with van der Waals surface area (Å²) in [4.78, 5) is 0. The zero-order valence-electron chi connectivity index (χ0n) is 10.4. The Kier molecular flexibility index (Phi) is 7.07. The number of unbranched alkanes of at least 4 members (excludes halogenated alkanes) is 3. The number of aliphatic hydroxyl groups excluding tert-OH is 2. The second kappa shape index (κ2) is 7.17. The average molecular weight is 238 g/mol. The molecule has 0 saturated heterocycles. The Hall–Kier alpha value is -0.220. The van der Waals surface area contributed by atoms with Crippen molar-refractivity contribution in [3.05, 3.63) is 0 Å². The molecule has 0 spiro atoms. The van der Waals surface area contributed by atoms with Gasteiger partial charge in [-0.15, -0.1) is 0 Å². The maximum Gasteiger partial charge on any atom is 0.298 e. The monoisotopic (exact) mass is 238 g/mol. The Balaban J connectivity index is 4.08. The summed E-state index contributed by atoms with van der Waals surface area (Å²) in [5.74, 6) is -3.96. The zero-order valence-corrected chi connectivity index (χ0v) is 10.4. The third-order valence-electron chi connectivity index (χ3n) is 2.80. The normalized spacial score (nSPS) is 16.5. The van der Waals surface area contributed by atoms with Gasteiger partial charge in [-0.2, -0.15) is 0 Å². The van der Waals surface area contributed by atoms with Crippen LogP contribution in [-0.2, 0) is 0 Å². The number of alkyl halides is 2. The van der Waals surface area contributed by atoms with Crippen LogP contribution in [0, 0.1) is 5.92 Å². The van der Waals surface area contributed by atoms with E-state index in [1.54, 1.807) is 0 Å². The summed E-state index contributed by atoms with van der Waals surface area (Å²) >= 11 is 0. The van der Waals surface area contributed by atoms with E-state index in [0.717, 1.165) is 19.3 Å². The van der Waals surface area contributed by atoms with E-state index in [4.69, 9.17) is 0 Å². The molecular weight excluding hydrogens is 214 g/mol. The molecule has 0 aromatic rings. The molecule has 0 aliphatic rings. The zero-order chi connectivity index (χ0) is 12.8. The smallest absolute Gasteiger partial charge is 0.298 e. The van der Waals surface area contributed by atoms with Crippen LogP contribution in [0.5, 0.6) is 0 Å². The van der Waals surface area contributed by atoms with Gasteiger partial charge in [0.25, 0.3) is 5.92 Å². The van der Waals surface area contributed by atoms with Gasteiger partial charge in [0.1, 0.15) is 12.2 Å². The van der Waals surface area contributed by atoms with Crippen molar-refractivity contribution in [2.75, 3.05) is 0 Å². The minimum Gasteiger partial charge on any atom is -0.387 e. The molecule has 16 heavy (non-hydrogen) atoms. The third-order valence-corrected chi connectivity index (χ3v) is 2.80. The summed E-state index contributed by atoms with van der Waals surface area (Å²) in [7, 11) is 0. The van der Waals surface area contributed by atoms with Crippen molar-refractivity contribution in [3.8, 4) is 0 Å². The standard InChI is InChI=1S/C12H24F2O2/c1-4-5-6-7-8-10(15)12(13,14)11(16)9(2)3/h9-11,15-16H,4-8H2,1-3H3/t10-,11-/m1/s1. The van der Waals surface area contributed by atoms with Gasteiger partial charge in [0.15, 0.2) is 0 Å². The fourth-order valence-corrected chi connectivity index (χ4v) is 1.60. The lowest BCUT2D eigenvalue weighted by atomic mass is 9.94. The summed E-state index contributed by atoms with van der Waals surface area (Å²) < 4.78 is 26.9. The summed E-state index contributed by atoms with van der Waals surface area (Å²) in [6, 6.07) is 0. The minimum absolute atomic E-state index is 0.0524. The molecule has 2 atom stereocenters. The van der Waals surface area contributed by atoms with Crippen LogP contribution in [0.2, 0.25) is 0 Å². The van der Waals surface area contributed by atoms with Gasteiger partial charge < -0.3 is 10.2 Å². The highest BCUT2D eigenvalue weighted by atomic mass is 19.3. The molecule has 0 aliphatic carbocycles. The number of hydrogen-bond donors (Lipinski definition) is 2. The predicted octanol–water partition coefficient (Wildman–Crippen LogP) is 2.97. The van der Waals surface area contributed by atoms with Crippen LogP contribution < -0.4 is 0 Å².